The number of hydrogen-bond acceptors (Lipinski definition) is 2. The minimum Gasteiger partial charge on any atom is -0.811 e. The van der Waals surface area contributed by atoms with Crippen molar-refractivity contribution in [3.63, 3.8) is 0 Å². The Morgan fingerprint density at radius 3 is 1.92 bits per heavy atom. The number of benzene rings is 2. The number of hydrogen-bond donors (Lipinski definition) is 1. The molecule has 3 rings (SSSR count). The molecule has 0 unspecified atom stereocenters. The molecule has 3 aromatic rings. The van der Waals surface area contributed by atoms with Gasteiger partial charge in [-0.25, -0.2) is 0 Å². The molecule has 204 valence electrons. The standard InChI is InChI=1S/C16H16F2N.C14H16F2N2.Ir/c1-16(2,3)10-12-13(17)8-7-11(15(12)18)14-6-4-5-9-19-14;1-14(2,3)9-10-11(15)5-6-12(13(10)16)18-8-4-7-17;/h4-6,8-9H,10H2,1-3H3;4-5,7-8,18H,9H2,1-3H3;/q-1;-2;+3/b;8-4-;. The van der Waals surface area contributed by atoms with E-state index < -0.39 is 23.3 Å². The van der Waals surface area contributed by atoms with Gasteiger partial charge in [-0.2, -0.15) is 12.3 Å². The van der Waals surface area contributed by atoms with Crippen LogP contribution in [-0.4, -0.2) is 11.2 Å². The number of aromatic nitrogens is 1. The second-order valence-electron chi connectivity index (χ2n) is 11.0. The molecular weight excluding hydrogens is 671 g/mol. The number of pyridine rings is 1. The third-order valence-electron chi connectivity index (χ3n) is 4.98. The molecule has 1 aromatic heterocycles. The van der Waals surface area contributed by atoms with Crippen LogP contribution in [0.25, 0.3) is 16.7 Å². The molecule has 1 heterocycles. The Labute approximate surface area is 236 Å². The van der Waals surface area contributed by atoms with Crippen molar-refractivity contribution < 1.29 is 37.7 Å². The van der Waals surface area contributed by atoms with Crippen LogP contribution in [0.1, 0.15) is 52.7 Å². The Balaban J connectivity index is 0.000000371. The molecule has 0 aliphatic heterocycles. The molecule has 0 saturated carbocycles. The van der Waals surface area contributed by atoms with Crippen LogP contribution < -0.4 is 5.32 Å². The number of halogens is 4. The molecular formula is C30H32F4IrN3. The van der Waals surface area contributed by atoms with E-state index in [1.807, 2.05) is 41.5 Å². The van der Waals surface area contributed by atoms with Crippen LogP contribution in [0.15, 0.2) is 48.8 Å². The zero-order chi connectivity index (χ0) is 27.8. The first-order valence-corrected chi connectivity index (χ1v) is 11.8. The second-order valence-corrected chi connectivity index (χ2v) is 11.0. The summed E-state index contributed by atoms with van der Waals surface area (Å²) in [6.45, 7) is 11.6. The maximum Gasteiger partial charge on any atom is 3.00 e. The SMILES string of the molecule is CC(C)(C)Cc1c(F)c[c-]c(-c2ccccn2)c1F.CC(C)(C)Cc1c(F)c[c-]c(N/C=C\C=[N-])c1F.[Ir+3]. The molecule has 0 saturated heterocycles. The molecule has 0 aliphatic carbocycles. The summed E-state index contributed by atoms with van der Waals surface area (Å²) in [6.07, 6.45) is 5.65. The van der Waals surface area contributed by atoms with Crippen molar-refractivity contribution in [3.05, 3.63) is 101 Å². The first-order chi connectivity index (χ1) is 17.2. The van der Waals surface area contributed by atoms with E-state index in [-0.39, 0.29) is 53.3 Å². The normalized spacial score (nSPS) is 11.4. The van der Waals surface area contributed by atoms with Crippen LogP contribution in [0.4, 0.5) is 23.2 Å². The van der Waals surface area contributed by atoms with E-state index in [1.165, 1.54) is 18.3 Å². The number of allylic oxidation sites excluding steroid dienone is 1. The summed E-state index contributed by atoms with van der Waals surface area (Å²) in [7, 11) is 0. The molecule has 0 amide bonds. The summed E-state index contributed by atoms with van der Waals surface area (Å²) in [5, 5.41) is 11.0. The maximum absolute atomic E-state index is 14.4. The minimum absolute atomic E-state index is 0. The van der Waals surface area contributed by atoms with Gasteiger partial charge in [-0.15, -0.1) is 18.2 Å². The van der Waals surface area contributed by atoms with Gasteiger partial charge in [0.15, 0.2) is 0 Å². The molecule has 0 bridgehead atoms. The van der Waals surface area contributed by atoms with Crippen LogP contribution >= 0.6 is 0 Å². The van der Waals surface area contributed by atoms with Crippen LogP contribution in [0.3, 0.4) is 0 Å². The molecule has 0 atom stereocenters. The van der Waals surface area contributed by atoms with Gasteiger partial charge in [0.2, 0.25) is 0 Å². The summed E-state index contributed by atoms with van der Waals surface area (Å²) in [5.41, 5.74) is 0.501. The second kappa shape index (κ2) is 14.4. The fraction of sp³-hybridized carbons (Fsp3) is 0.333. The molecule has 38 heavy (non-hydrogen) atoms. The van der Waals surface area contributed by atoms with E-state index in [2.05, 4.69) is 22.4 Å². The van der Waals surface area contributed by atoms with E-state index in [9.17, 15) is 17.6 Å². The average Bonchev–Trinajstić information content (AvgIpc) is 2.81. The van der Waals surface area contributed by atoms with E-state index in [0.717, 1.165) is 12.3 Å². The Bertz CT molecular complexity index is 1230. The van der Waals surface area contributed by atoms with E-state index in [1.54, 1.807) is 24.4 Å². The molecule has 0 fully saturated rings. The van der Waals surface area contributed by atoms with Crippen molar-refractivity contribution >= 4 is 11.9 Å². The first-order valence-electron chi connectivity index (χ1n) is 11.8. The van der Waals surface area contributed by atoms with Gasteiger partial charge in [-0.1, -0.05) is 76.4 Å². The van der Waals surface area contributed by atoms with Crippen LogP contribution in [0.5, 0.6) is 0 Å². The molecule has 1 N–H and O–H groups in total. The Morgan fingerprint density at radius 1 is 0.868 bits per heavy atom. The molecule has 3 nitrogen and oxygen atoms in total. The predicted octanol–water partition coefficient (Wildman–Crippen LogP) is 8.33. The zero-order valence-electron chi connectivity index (χ0n) is 22.3. The van der Waals surface area contributed by atoms with Crippen LogP contribution in [-0.2, 0) is 32.9 Å². The monoisotopic (exact) mass is 703 g/mol. The smallest absolute Gasteiger partial charge is 0.811 e. The number of rotatable bonds is 6. The molecule has 0 spiro atoms. The average molecular weight is 703 g/mol. The quantitative estimate of drug-likeness (QED) is 0.160. The summed E-state index contributed by atoms with van der Waals surface area (Å²) in [4.78, 5) is 4.08. The van der Waals surface area contributed by atoms with Crippen molar-refractivity contribution in [1.82, 2.24) is 4.98 Å². The molecule has 2 aromatic carbocycles. The van der Waals surface area contributed by atoms with Gasteiger partial charge in [-0.3, -0.25) is 17.6 Å². The minimum atomic E-state index is -0.646. The summed E-state index contributed by atoms with van der Waals surface area (Å²) < 4.78 is 55.9. The fourth-order valence-electron chi connectivity index (χ4n) is 3.44. The summed E-state index contributed by atoms with van der Waals surface area (Å²) in [5.74, 6) is -2.35. The number of nitrogens with zero attached hydrogens (tertiary/aromatic N) is 2. The van der Waals surface area contributed by atoms with Crippen LogP contribution in [0, 0.1) is 46.2 Å². The van der Waals surface area contributed by atoms with E-state index >= 15 is 0 Å². The van der Waals surface area contributed by atoms with E-state index in [4.69, 9.17) is 5.41 Å². The summed E-state index contributed by atoms with van der Waals surface area (Å²) >= 11 is 0. The Morgan fingerprint density at radius 2 is 1.42 bits per heavy atom. The Hall–Kier alpha value is -2.83. The van der Waals surface area contributed by atoms with Crippen molar-refractivity contribution in [3.8, 4) is 11.3 Å². The van der Waals surface area contributed by atoms with Crippen molar-refractivity contribution in [2.24, 2.45) is 10.8 Å². The third-order valence-corrected chi connectivity index (χ3v) is 4.98. The van der Waals surface area contributed by atoms with E-state index in [0.29, 0.717) is 18.5 Å². The molecule has 0 aliphatic rings. The zero-order valence-corrected chi connectivity index (χ0v) is 24.7. The van der Waals surface area contributed by atoms with Crippen molar-refractivity contribution in [1.29, 1.82) is 0 Å². The predicted molar refractivity (Wildman–Crippen MR) is 142 cm³/mol. The molecule has 0 radical (unpaired) electrons. The largest absolute Gasteiger partial charge is 3.00 e. The van der Waals surface area contributed by atoms with Gasteiger partial charge in [0.25, 0.3) is 0 Å². The van der Waals surface area contributed by atoms with Gasteiger partial charge in [0.1, 0.15) is 0 Å². The number of anilines is 1. The Kier molecular flexibility index (Phi) is 12.5. The topological polar surface area (TPSA) is 47.2 Å². The van der Waals surface area contributed by atoms with Crippen molar-refractivity contribution in [2.75, 3.05) is 5.32 Å². The van der Waals surface area contributed by atoms with Gasteiger partial charge in [0, 0.05) is 29.5 Å². The maximum atomic E-state index is 14.4. The summed E-state index contributed by atoms with van der Waals surface area (Å²) in [6, 6.07) is 12.6. The van der Waals surface area contributed by atoms with Crippen LogP contribution in [0.2, 0.25) is 0 Å². The molecule has 8 heteroatoms. The third kappa shape index (κ3) is 10.1. The van der Waals surface area contributed by atoms with Gasteiger partial charge < -0.3 is 15.7 Å². The first kappa shape index (κ1) is 33.2. The van der Waals surface area contributed by atoms with Gasteiger partial charge in [0.05, 0.1) is 0 Å². The fourth-order valence-corrected chi connectivity index (χ4v) is 3.44. The number of nitrogens with one attached hydrogen (secondary N) is 1. The van der Waals surface area contributed by atoms with Gasteiger partial charge in [-0.05, 0) is 47.3 Å². The van der Waals surface area contributed by atoms with Crippen molar-refractivity contribution in [2.45, 2.75) is 54.4 Å². The van der Waals surface area contributed by atoms with Gasteiger partial charge >= 0.3 is 20.1 Å².